The molecule has 58 valence electrons. The number of hydrogen-bond donors (Lipinski definition) is 2. The average Bonchev–Trinajstić information content (AvgIpc) is 1.94. The van der Waals surface area contributed by atoms with Crippen LogP contribution in [0.15, 0.2) is 22.7 Å². The molecule has 0 aromatic heterocycles. The largest absolute Gasteiger partial charge is 0.489 e. The van der Waals surface area contributed by atoms with Crippen LogP contribution in [0.5, 0.6) is 0 Å². The van der Waals surface area contributed by atoms with Crippen LogP contribution in [0, 0.1) is 5.82 Å². The van der Waals surface area contributed by atoms with Crippen molar-refractivity contribution < 1.29 is 14.4 Å². The van der Waals surface area contributed by atoms with Crippen molar-refractivity contribution >= 4 is 28.5 Å². The van der Waals surface area contributed by atoms with Crippen LogP contribution < -0.4 is 5.46 Å². The van der Waals surface area contributed by atoms with Gasteiger partial charge in [0.15, 0.2) is 0 Å². The van der Waals surface area contributed by atoms with Crippen LogP contribution in [-0.2, 0) is 0 Å². The van der Waals surface area contributed by atoms with E-state index < -0.39 is 12.9 Å². The molecule has 0 aliphatic carbocycles. The van der Waals surface area contributed by atoms with Gasteiger partial charge in [0.05, 0.1) is 4.47 Å². The van der Waals surface area contributed by atoms with Gasteiger partial charge in [0.1, 0.15) is 5.82 Å². The lowest BCUT2D eigenvalue weighted by atomic mass is 9.80. The van der Waals surface area contributed by atoms with Crippen LogP contribution >= 0.6 is 15.9 Å². The van der Waals surface area contributed by atoms with E-state index in [2.05, 4.69) is 15.9 Å². The molecule has 0 bridgehead atoms. The molecule has 1 rings (SSSR count). The highest BCUT2D eigenvalue weighted by Crippen LogP contribution is 2.11. The molecular weight excluding hydrogens is 214 g/mol. The van der Waals surface area contributed by atoms with E-state index in [-0.39, 0.29) is 9.94 Å². The van der Waals surface area contributed by atoms with E-state index >= 15 is 0 Å². The fourth-order valence-electron chi connectivity index (χ4n) is 0.720. The SMILES string of the molecule is OB(O)c1cccc(F)c1Br. The Morgan fingerprint density at radius 3 is 2.45 bits per heavy atom. The lowest BCUT2D eigenvalue weighted by Gasteiger charge is -2.01. The Kier molecular flexibility index (Phi) is 2.65. The van der Waals surface area contributed by atoms with Crippen molar-refractivity contribution in [3.8, 4) is 0 Å². The third kappa shape index (κ3) is 1.80. The van der Waals surface area contributed by atoms with E-state index in [9.17, 15) is 4.39 Å². The predicted molar refractivity (Wildman–Crippen MR) is 43.9 cm³/mol. The molecule has 11 heavy (non-hydrogen) atoms. The summed E-state index contributed by atoms with van der Waals surface area (Å²) in [5.74, 6) is -0.504. The normalized spacial score (nSPS) is 9.82. The minimum atomic E-state index is -1.64. The monoisotopic (exact) mass is 218 g/mol. The fraction of sp³-hybridized carbons (Fsp3) is 0. The molecule has 2 nitrogen and oxygen atoms in total. The van der Waals surface area contributed by atoms with Gasteiger partial charge in [-0.15, -0.1) is 0 Å². The molecule has 1 aromatic carbocycles. The Morgan fingerprint density at radius 2 is 2.00 bits per heavy atom. The quantitative estimate of drug-likeness (QED) is 0.665. The predicted octanol–water partition coefficient (Wildman–Crippen LogP) is 0.268. The van der Waals surface area contributed by atoms with Crippen LogP contribution in [0.1, 0.15) is 0 Å². The molecule has 0 unspecified atom stereocenters. The summed E-state index contributed by atoms with van der Waals surface area (Å²) >= 11 is 2.89. The Morgan fingerprint density at radius 1 is 1.36 bits per heavy atom. The maximum absolute atomic E-state index is 12.7. The zero-order valence-electron chi connectivity index (χ0n) is 5.46. The fourth-order valence-corrected chi connectivity index (χ4v) is 1.19. The van der Waals surface area contributed by atoms with Gasteiger partial charge < -0.3 is 10.0 Å². The van der Waals surface area contributed by atoms with Crippen molar-refractivity contribution in [2.24, 2.45) is 0 Å². The summed E-state index contributed by atoms with van der Waals surface area (Å²) < 4.78 is 12.8. The van der Waals surface area contributed by atoms with Crippen molar-refractivity contribution in [2.45, 2.75) is 0 Å². The average molecular weight is 219 g/mol. The first kappa shape index (κ1) is 8.71. The molecule has 1 aromatic rings. The van der Waals surface area contributed by atoms with Gasteiger partial charge in [-0.25, -0.2) is 4.39 Å². The van der Waals surface area contributed by atoms with Crippen molar-refractivity contribution in [2.75, 3.05) is 0 Å². The van der Waals surface area contributed by atoms with Crippen molar-refractivity contribution in [3.63, 3.8) is 0 Å². The molecule has 0 saturated carbocycles. The lowest BCUT2D eigenvalue weighted by Crippen LogP contribution is -2.31. The molecule has 5 heteroatoms. The third-order valence-corrected chi connectivity index (χ3v) is 2.10. The van der Waals surface area contributed by atoms with Gasteiger partial charge in [-0.2, -0.15) is 0 Å². The Bertz CT molecular complexity index is 267. The van der Waals surface area contributed by atoms with Gasteiger partial charge in [0.25, 0.3) is 0 Å². The Balaban J connectivity index is 3.17. The molecular formula is C6H5BBrFO2. The van der Waals surface area contributed by atoms with Gasteiger partial charge in [-0.3, -0.25) is 0 Å². The number of halogens is 2. The number of rotatable bonds is 1. The van der Waals surface area contributed by atoms with E-state index in [0.29, 0.717) is 0 Å². The number of hydrogen-bond acceptors (Lipinski definition) is 2. The standard InChI is InChI=1S/C6H5BBrFO2/c8-6-4(7(10)11)2-1-3-5(6)9/h1-3,10-11H. The highest BCUT2D eigenvalue weighted by molar-refractivity contribution is 9.10. The summed E-state index contributed by atoms with van der Waals surface area (Å²) in [7, 11) is -1.64. The summed E-state index contributed by atoms with van der Waals surface area (Å²) in [6, 6.07) is 4.07. The van der Waals surface area contributed by atoms with Crippen molar-refractivity contribution in [1.82, 2.24) is 0 Å². The summed E-state index contributed by atoms with van der Waals surface area (Å²) in [4.78, 5) is 0. The van der Waals surface area contributed by atoms with Gasteiger partial charge in [-0.1, -0.05) is 12.1 Å². The molecule has 0 spiro atoms. The first-order valence-electron chi connectivity index (χ1n) is 2.93. The molecule has 0 fully saturated rings. The third-order valence-electron chi connectivity index (χ3n) is 1.26. The van der Waals surface area contributed by atoms with E-state index in [1.165, 1.54) is 18.2 Å². The second kappa shape index (κ2) is 3.34. The Labute approximate surface area is 71.9 Å². The van der Waals surface area contributed by atoms with Crippen molar-refractivity contribution in [3.05, 3.63) is 28.5 Å². The first-order valence-corrected chi connectivity index (χ1v) is 3.72. The summed E-state index contributed by atoms with van der Waals surface area (Å²) in [5.41, 5.74) is 0.130. The highest BCUT2D eigenvalue weighted by atomic mass is 79.9. The van der Waals surface area contributed by atoms with Crippen LogP contribution in [0.4, 0.5) is 4.39 Å². The van der Waals surface area contributed by atoms with Crippen LogP contribution in [-0.4, -0.2) is 17.2 Å². The summed E-state index contributed by atoms with van der Waals surface area (Å²) in [6.45, 7) is 0. The van der Waals surface area contributed by atoms with Gasteiger partial charge in [0, 0.05) is 0 Å². The molecule has 0 amide bonds. The minimum absolute atomic E-state index is 0.0926. The zero-order chi connectivity index (χ0) is 8.43. The number of benzene rings is 1. The van der Waals surface area contributed by atoms with E-state index in [1.54, 1.807) is 0 Å². The van der Waals surface area contributed by atoms with Crippen LogP contribution in [0.2, 0.25) is 0 Å². The van der Waals surface area contributed by atoms with E-state index in [1.807, 2.05) is 0 Å². The van der Waals surface area contributed by atoms with Crippen LogP contribution in [0.25, 0.3) is 0 Å². The molecule has 0 heterocycles. The topological polar surface area (TPSA) is 40.5 Å². The lowest BCUT2D eigenvalue weighted by molar-refractivity contribution is 0.425. The zero-order valence-corrected chi connectivity index (χ0v) is 7.05. The summed E-state index contributed by atoms with van der Waals surface area (Å²) in [6.07, 6.45) is 0. The molecule has 0 radical (unpaired) electrons. The first-order chi connectivity index (χ1) is 5.13. The molecule has 0 saturated heterocycles. The van der Waals surface area contributed by atoms with E-state index in [4.69, 9.17) is 10.0 Å². The van der Waals surface area contributed by atoms with Crippen LogP contribution in [0.3, 0.4) is 0 Å². The maximum Gasteiger partial charge on any atom is 0.489 e. The minimum Gasteiger partial charge on any atom is -0.423 e. The van der Waals surface area contributed by atoms with Gasteiger partial charge in [-0.05, 0) is 27.5 Å². The molecule has 0 aliphatic rings. The Hall–Kier alpha value is -0.385. The molecule has 0 atom stereocenters. The summed E-state index contributed by atoms with van der Waals surface area (Å²) in [5, 5.41) is 17.4. The second-order valence-electron chi connectivity index (χ2n) is 2.02. The van der Waals surface area contributed by atoms with Crippen molar-refractivity contribution in [1.29, 1.82) is 0 Å². The van der Waals surface area contributed by atoms with Gasteiger partial charge >= 0.3 is 7.12 Å². The van der Waals surface area contributed by atoms with E-state index in [0.717, 1.165) is 0 Å². The van der Waals surface area contributed by atoms with Gasteiger partial charge in [0.2, 0.25) is 0 Å². The smallest absolute Gasteiger partial charge is 0.423 e. The maximum atomic E-state index is 12.7. The second-order valence-corrected chi connectivity index (χ2v) is 2.81. The molecule has 0 aliphatic heterocycles. The molecule has 2 N–H and O–H groups in total. The highest BCUT2D eigenvalue weighted by Gasteiger charge is 2.16.